The lowest BCUT2D eigenvalue weighted by Crippen LogP contribution is -2.19. The van der Waals surface area contributed by atoms with Gasteiger partial charge in [0, 0.05) is 24.6 Å². The number of hydrogen-bond donors (Lipinski definition) is 2. The van der Waals surface area contributed by atoms with Gasteiger partial charge in [-0.05, 0) is 31.2 Å². The minimum Gasteiger partial charge on any atom is -0.481 e. The number of ether oxygens (including phenoxy) is 3. The molecule has 2 N–H and O–H groups in total. The van der Waals surface area contributed by atoms with E-state index in [0.717, 1.165) is 11.3 Å². The van der Waals surface area contributed by atoms with Crippen LogP contribution in [0.2, 0.25) is 0 Å². The summed E-state index contributed by atoms with van der Waals surface area (Å²) >= 11 is 1.11. The zero-order chi connectivity index (χ0) is 23.1. The average molecular weight is 461 g/mol. The number of carbonyl (C=O) groups is 2. The van der Waals surface area contributed by atoms with Gasteiger partial charge >= 0.3 is 5.97 Å². The van der Waals surface area contributed by atoms with Gasteiger partial charge in [-0.1, -0.05) is 0 Å². The molecule has 0 saturated carbocycles. The fourth-order valence-corrected chi connectivity index (χ4v) is 3.30. The molecule has 1 unspecified atom stereocenters. The van der Waals surface area contributed by atoms with E-state index in [9.17, 15) is 14.0 Å². The number of pyridine rings is 1. The van der Waals surface area contributed by atoms with Crippen molar-refractivity contribution in [3.8, 4) is 17.5 Å². The molecule has 0 aliphatic carbocycles. The fraction of sp³-hybridized carbons (Fsp3) is 0.238. The molecule has 168 valence electrons. The van der Waals surface area contributed by atoms with E-state index in [1.54, 1.807) is 12.3 Å². The zero-order valence-electron chi connectivity index (χ0n) is 17.2. The van der Waals surface area contributed by atoms with Gasteiger partial charge in [-0.15, -0.1) is 11.3 Å². The number of anilines is 1. The minimum atomic E-state index is -1.02. The molecule has 0 fully saturated rings. The first-order valence-corrected chi connectivity index (χ1v) is 10.3. The van der Waals surface area contributed by atoms with Crippen LogP contribution in [0.1, 0.15) is 23.0 Å². The third-order valence-electron chi connectivity index (χ3n) is 3.90. The number of carbonyl (C=O) groups excluding carboxylic acids is 1. The van der Waals surface area contributed by atoms with Crippen LogP contribution in [-0.2, 0) is 16.0 Å². The number of halogens is 1. The number of nitrogens with one attached hydrogen (secondary N) is 1. The van der Waals surface area contributed by atoms with Gasteiger partial charge in [-0.25, -0.2) is 9.37 Å². The molecule has 32 heavy (non-hydrogen) atoms. The Bertz CT molecular complexity index is 1090. The van der Waals surface area contributed by atoms with E-state index in [2.05, 4.69) is 15.3 Å². The van der Waals surface area contributed by atoms with E-state index in [0.29, 0.717) is 18.1 Å². The van der Waals surface area contributed by atoms with Gasteiger partial charge in [0.2, 0.25) is 11.8 Å². The normalized spacial score (nSPS) is 11.6. The maximum absolute atomic E-state index is 13.2. The smallest absolute Gasteiger partial charge is 0.309 e. The van der Waals surface area contributed by atoms with E-state index >= 15 is 0 Å². The summed E-state index contributed by atoms with van der Waals surface area (Å²) in [5.74, 6) is -1.43. The molecule has 1 amide bonds. The molecule has 11 heteroatoms. The molecule has 1 atom stereocenters. The van der Waals surface area contributed by atoms with Crippen LogP contribution in [0.3, 0.4) is 0 Å². The van der Waals surface area contributed by atoms with Crippen LogP contribution in [0.5, 0.6) is 17.5 Å². The van der Waals surface area contributed by atoms with Crippen LogP contribution in [0, 0.1) is 5.82 Å². The van der Waals surface area contributed by atoms with E-state index < -0.39 is 17.7 Å². The monoisotopic (exact) mass is 461 g/mol. The molecule has 0 saturated heterocycles. The van der Waals surface area contributed by atoms with Crippen LogP contribution in [0.25, 0.3) is 0 Å². The first-order valence-electron chi connectivity index (χ1n) is 9.41. The first kappa shape index (κ1) is 23.1. The van der Waals surface area contributed by atoms with Gasteiger partial charge < -0.3 is 19.3 Å². The highest BCUT2D eigenvalue weighted by Gasteiger charge is 2.16. The third-order valence-corrected chi connectivity index (χ3v) is 4.71. The second-order valence-corrected chi connectivity index (χ2v) is 7.50. The quantitative estimate of drug-likeness (QED) is 0.468. The Morgan fingerprint density at radius 2 is 1.91 bits per heavy atom. The lowest BCUT2D eigenvalue weighted by molar-refractivity contribution is -0.136. The highest BCUT2D eigenvalue weighted by atomic mass is 32.1. The number of amides is 1. The fourth-order valence-electron chi connectivity index (χ4n) is 2.59. The van der Waals surface area contributed by atoms with Gasteiger partial charge in [-0.2, -0.15) is 4.98 Å². The van der Waals surface area contributed by atoms with Crippen LogP contribution < -0.4 is 14.8 Å². The largest absolute Gasteiger partial charge is 0.481 e. The maximum atomic E-state index is 13.2. The van der Waals surface area contributed by atoms with Crippen molar-refractivity contribution in [2.45, 2.75) is 19.4 Å². The number of nitrogens with zero attached hydrogens (tertiary/aromatic N) is 2. The van der Waals surface area contributed by atoms with Gasteiger partial charge in [-0.3, -0.25) is 14.9 Å². The predicted octanol–water partition coefficient (Wildman–Crippen LogP) is 3.76. The standard InChI is InChI=1S/C21H20FN3O6S/c1-12(10-29-2)30-17-7-13(8-18(24-17)31-16-5-3-14(22)4-6-16)20(28)25-21-23-15(11-32-21)9-19(26)27/h3-8,11-12H,9-10H2,1-2H3,(H,26,27)(H,23,25,28). The van der Waals surface area contributed by atoms with E-state index in [4.69, 9.17) is 19.3 Å². The number of benzene rings is 1. The number of rotatable bonds is 10. The van der Waals surface area contributed by atoms with Crippen molar-refractivity contribution in [1.29, 1.82) is 0 Å². The summed E-state index contributed by atoms with van der Waals surface area (Å²) in [5.41, 5.74) is 0.511. The van der Waals surface area contributed by atoms with Crippen molar-refractivity contribution in [2.75, 3.05) is 19.0 Å². The highest BCUT2D eigenvalue weighted by Crippen LogP contribution is 2.26. The summed E-state index contributed by atoms with van der Waals surface area (Å²) < 4.78 is 29.6. The van der Waals surface area contributed by atoms with E-state index in [1.165, 1.54) is 43.5 Å². The molecule has 9 nitrogen and oxygen atoms in total. The Labute approximate surface area is 186 Å². The van der Waals surface area contributed by atoms with Crippen LogP contribution in [0.4, 0.5) is 9.52 Å². The van der Waals surface area contributed by atoms with Crippen molar-refractivity contribution in [3.63, 3.8) is 0 Å². The van der Waals surface area contributed by atoms with Crippen LogP contribution >= 0.6 is 11.3 Å². The van der Waals surface area contributed by atoms with Gasteiger partial charge in [0.25, 0.3) is 5.91 Å². The van der Waals surface area contributed by atoms with Crippen molar-refractivity contribution >= 4 is 28.3 Å². The zero-order valence-corrected chi connectivity index (χ0v) is 18.0. The number of thiazole rings is 1. The number of aromatic nitrogens is 2. The Kier molecular flexibility index (Phi) is 7.68. The molecule has 3 rings (SSSR count). The molecule has 0 aliphatic rings. The minimum absolute atomic E-state index is 0.0644. The molecule has 0 spiro atoms. The van der Waals surface area contributed by atoms with Crippen molar-refractivity contribution < 1.29 is 33.3 Å². The van der Waals surface area contributed by atoms with Gasteiger partial charge in [0.05, 0.1) is 24.3 Å². The summed E-state index contributed by atoms with van der Waals surface area (Å²) in [7, 11) is 1.53. The number of aliphatic carboxylic acids is 1. The third kappa shape index (κ3) is 6.72. The Morgan fingerprint density at radius 3 is 2.59 bits per heavy atom. The van der Waals surface area contributed by atoms with E-state index in [1.807, 2.05) is 0 Å². The predicted molar refractivity (Wildman–Crippen MR) is 114 cm³/mol. The summed E-state index contributed by atoms with van der Waals surface area (Å²) in [5, 5.41) is 13.3. The number of hydrogen-bond acceptors (Lipinski definition) is 8. The Morgan fingerprint density at radius 1 is 1.19 bits per heavy atom. The van der Waals surface area contributed by atoms with Crippen molar-refractivity contribution in [2.24, 2.45) is 0 Å². The van der Waals surface area contributed by atoms with E-state index in [-0.39, 0.29) is 35.0 Å². The average Bonchev–Trinajstić information content (AvgIpc) is 3.15. The molecule has 0 radical (unpaired) electrons. The molecular formula is C21H20FN3O6S. The summed E-state index contributed by atoms with van der Waals surface area (Å²) in [6.45, 7) is 2.08. The number of carboxylic acids is 1. The molecule has 0 aliphatic heterocycles. The van der Waals surface area contributed by atoms with Crippen molar-refractivity contribution in [3.05, 3.63) is 58.9 Å². The maximum Gasteiger partial charge on any atom is 0.309 e. The summed E-state index contributed by atoms with van der Waals surface area (Å²) in [6, 6.07) is 8.17. The molecule has 2 aromatic heterocycles. The topological polar surface area (TPSA) is 120 Å². The molecule has 1 aromatic carbocycles. The molecule has 0 bridgehead atoms. The summed E-state index contributed by atoms with van der Waals surface area (Å²) in [4.78, 5) is 31.9. The lowest BCUT2D eigenvalue weighted by Gasteiger charge is -2.15. The number of methoxy groups -OCH3 is 1. The molecule has 3 aromatic rings. The van der Waals surface area contributed by atoms with Gasteiger partial charge in [0.15, 0.2) is 5.13 Å². The van der Waals surface area contributed by atoms with Crippen LogP contribution in [0.15, 0.2) is 41.8 Å². The first-order chi connectivity index (χ1) is 15.3. The highest BCUT2D eigenvalue weighted by molar-refractivity contribution is 7.14. The van der Waals surface area contributed by atoms with Crippen LogP contribution in [-0.4, -0.2) is 46.8 Å². The number of carboxylic acid groups (broad SMARTS) is 1. The van der Waals surface area contributed by atoms with Gasteiger partial charge in [0.1, 0.15) is 17.7 Å². The van der Waals surface area contributed by atoms with Crippen molar-refractivity contribution in [1.82, 2.24) is 9.97 Å². The second-order valence-electron chi connectivity index (χ2n) is 6.64. The molecule has 2 heterocycles. The Hall–Kier alpha value is -3.57. The summed E-state index contributed by atoms with van der Waals surface area (Å²) in [6.07, 6.45) is -0.589. The second kappa shape index (κ2) is 10.6. The Balaban J connectivity index is 1.83. The SMILES string of the molecule is COCC(C)Oc1cc(C(=O)Nc2nc(CC(=O)O)cs2)cc(Oc2ccc(F)cc2)n1. The lowest BCUT2D eigenvalue weighted by atomic mass is 10.2. The molecular weight excluding hydrogens is 441 g/mol.